The molecule has 0 aromatic rings. The first-order valence-electron chi connectivity index (χ1n) is 7.55. The Morgan fingerprint density at radius 1 is 1.14 bits per heavy atom. The summed E-state index contributed by atoms with van der Waals surface area (Å²) in [5.41, 5.74) is 0. The molecular weight excluding hydrogens is 290 g/mol. The molecule has 0 saturated heterocycles. The molecule has 0 saturated carbocycles. The minimum absolute atomic E-state index is 0.0653. The summed E-state index contributed by atoms with van der Waals surface area (Å²) in [5, 5.41) is 6.38. The van der Waals surface area contributed by atoms with Crippen LogP contribution in [0.15, 0.2) is 4.99 Å². The van der Waals surface area contributed by atoms with Crippen LogP contribution >= 0.6 is 0 Å². The van der Waals surface area contributed by atoms with E-state index in [0.717, 1.165) is 24.8 Å². The Labute approximate surface area is 129 Å². The van der Waals surface area contributed by atoms with Gasteiger partial charge >= 0.3 is 0 Å². The van der Waals surface area contributed by atoms with Crippen molar-refractivity contribution in [3.8, 4) is 0 Å². The molecule has 21 heavy (non-hydrogen) atoms. The average Bonchev–Trinajstić information content (AvgIpc) is 2.38. The normalized spacial score (nSPS) is 12.7. The van der Waals surface area contributed by atoms with Crippen LogP contribution in [0.5, 0.6) is 0 Å². The van der Waals surface area contributed by atoms with Gasteiger partial charge in [0.15, 0.2) is 5.96 Å². The fraction of sp³-hybridized carbons (Fsp3) is 0.929. The van der Waals surface area contributed by atoms with E-state index in [1.165, 1.54) is 19.1 Å². The van der Waals surface area contributed by atoms with Crippen molar-refractivity contribution in [1.29, 1.82) is 0 Å². The van der Waals surface area contributed by atoms with Crippen molar-refractivity contribution in [3.63, 3.8) is 0 Å². The standard InChI is InChI=1S/C14H31N3O3S/c1-13(2)7-5-6-8-16-14(15-3)17-9-10-20-11-12-21(4,18)19/h13H,5-12H2,1-4H3,(H2,15,16,17). The predicted molar refractivity (Wildman–Crippen MR) is 88.6 cm³/mol. The second-order valence-corrected chi connectivity index (χ2v) is 7.82. The SMILES string of the molecule is CN=C(NCCCCC(C)C)NCCOCCS(C)(=O)=O. The molecule has 126 valence electrons. The molecule has 0 fully saturated rings. The molecule has 0 unspecified atom stereocenters. The number of aliphatic imine (C=N–C) groups is 1. The van der Waals surface area contributed by atoms with Gasteiger partial charge in [-0.05, 0) is 12.3 Å². The largest absolute Gasteiger partial charge is 0.379 e. The number of unbranched alkanes of at least 4 members (excludes halogenated alkanes) is 1. The molecule has 0 aromatic carbocycles. The second kappa shape index (κ2) is 11.8. The first kappa shape index (κ1) is 20.2. The lowest BCUT2D eigenvalue weighted by molar-refractivity contribution is 0.154. The van der Waals surface area contributed by atoms with Crippen molar-refractivity contribution in [2.24, 2.45) is 10.9 Å². The zero-order valence-electron chi connectivity index (χ0n) is 13.8. The van der Waals surface area contributed by atoms with Gasteiger partial charge in [-0.1, -0.05) is 26.7 Å². The summed E-state index contributed by atoms with van der Waals surface area (Å²) in [6.07, 6.45) is 4.81. The number of nitrogens with zero attached hydrogens (tertiary/aromatic N) is 1. The maximum atomic E-state index is 10.9. The topological polar surface area (TPSA) is 79.8 Å². The Morgan fingerprint density at radius 3 is 2.38 bits per heavy atom. The highest BCUT2D eigenvalue weighted by Gasteiger charge is 2.01. The highest BCUT2D eigenvalue weighted by atomic mass is 32.2. The van der Waals surface area contributed by atoms with E-state index >= 15 is 0 Å². The maximum Gasteiger partial charge on any atom is 0.191 e. The van der Waals surface area contributed by atoms with E-state index in [1.54, 1.807) is 7.05 Å². The Hall–Kier alpha value is -0.820. The third-order valence-electron chi connectivity index (χ3n) is 2.86. The van der Waals surface area contributed by atoms with E-state index in [-0.39, 0.29) is 12.4 Å². The number of sulfone groups is 1. The van der Waals surface area contributed by atoms with Crippen molar-refractivity contribution in [3.05, 3.63) is 0 Å². The monoisotopic (exact) mass is 321 g/mol. The van der Waals surface area contributed by atoms with Gasteiger partial charge in [0.25, 0.3) is 0 Å². The quantitative estimate of drug-likeness (QED) is 0.338. The fourth-order valence-electron chi connectivity index (χ4n) is 1.66. The van der Waals surface area contributed by atoms with E-state index in [1.807, 2.05) is 0 Å². The van der Waals surface area contributed by atoms with E-state index in [9.17, 15) is 8.42 Å². The summed E-state index contributed by atoms with van der Waals surface area (Å²) in [6.45, 7) is 6.68. The molecule has 0 radical (unpaired) electrons. The average molecular weight is 321 g/mol. The molecule has 6 nitrogen and oxygen atoms in total. The minimum atomic E-state index is -2.94. The van der Waals surface area contributed by atoms with Gasteiger partial charge in [0.05, 0.1) is 19.0 Å². The molecule has 0 spiro atoms. The van der Waals surface area contributed by atoms with Crippen LogP contribution in [0.2, 0.25) is 0 Å². The van der Waals surface area contributed by atoms with Crippen LogP contribution in [0.25, 0.3) is 0 Å². The molecule has 0 aliphatic heterocycles. The van der Waals surface area contributed by atoms with Crippen LogP contribution in [0.3, 0.4) is 0 Å². The lowest BCUT2D eigenvalue weighted by atomic mass is 10.1. The molecule has 0 heterocycles. The molecule has 7 heteroatoms. The second-order valence-electron chi connectivity index (χ2n) is 5.56. The summed E-state index contributed by atoms with van der Waals surface area (Å²) >= 11 is 0. The third kappa shape index (κ3) is 15.4. The number of ether oxygens (including phenoxy) is 1. The number of nitrogens with one attached hydrogen (secondary N) is 2. The van der Waals surface area contributed by atoms with E-state index < -0.39 is 9.84 Å². The molecule has 0 aliphatic rings. The summed E-state index contributed by atoms with van der Waals surface area (Å²) in [6, 6.07) is 0. The summed E-state index contributed by atoms with van der Waals surface area (Å²) in [5.74, 6) is 1.58. The fourth-order valence-corrected chi connectivity index (χ4v) is 2.08. The van der Waals surface area contributed by atoms with Gasteiger partial charge in [0.1, 0.15) is 9.84 Å². The number of hydrogen-bond acceptors (Lipinski definition) is 4. The van der Waals surface area contributed by atoms with Gasteiger partial charge in [0.2, 0.25) is 0 Å². The van der Waals surface area contributed by atoms with Gasteiger partial charge in [-0.15, -0.1) is 0 Å². The Kier molecular flexibility index (Phi) is 11.3. The molecule has 2 N–H and O–H groups in total. The van der Waals surface area contributed by atoms with Crippen LogP contribution in [-0.2, 0) is 14.6 Å². The number of guanidine groups is 1. The van der Waals surface area contributed by atoms with Crippen molar-refractivity contribution in [2.45, 2.75) is 33.1 Å². The van der Waals surface area contributed by atoms with Crippen LogP contribution in [0.1, 0.15) is 33.1 Å². The van der Waals surface area contributed by atoms with Crippen LogP contribution in [0.4, 0.5) is 0 Å². The smallest absolute Gasteiger partial charge is 0.191 e. The summed E-state index contributed by atoms with van der Waals surface area (Å²) in [7, 11) is -1.21. The molecule has 0 amide bonds. The molecular formula is C14H31N3O3S. The third-order valence-corrected chi connectivity index (χ3v) is 3.77. The lowest BCUT2D eigenvalue weighted by Crippen LogP contribution is -2.39. The van der Waals surface area contributed by atoms with E-state index in [2.05, 4.69) is 29.5 Å². The first-order chi connectivity index (χ1) is 9.85. The van der Waals surface area contributed by atoms with Crippen LogP contribution < -0.4 is 10.6 Å². The van der Waals surface area contributed by atoms with Crippen molar-refractivity contribution < 1.29 is 13.2 Å². The molecule has 0 atom stereocenters. The molecule has 0 aliphatic carbocycles. The van der Waals surface area contributed by atoms with Gasteiger partial charge in [-0.25, -0.2) is 8.42 Å². The molecule has 0 rings (SSSR count). The lowest BCUT2D eigenvalue weighted by Gasteiger charge is -2.12. The summed E-state index contributed by atoms with van der Waals surface area (Å²) in [4.78, 5) is 4.12. The molecule has 0 aromatic heterocycles. The Bertz CT molecular complexity index is 381. The molecule has 0 bridgehead atoms. The number of hydrogen-bond donors (Lipinski definition) is 2. The van der Waals surface area contributed by atoms with Gasteiger partial charge < -0.3 is 15.4 Å². The minimum Gasteiger partial charge on any atom is -0.379 e. The number of rotatable bonds is 11. The first-order valence-corrected chi connectivity index (χ1v) is 9.61. The zero-order chi connectivity index (χ0) is 16.1. The van der Waals surface area contributed by atoms with Crippen LogP contribution in [-0.4, -0.2) is 59.7 Å². The van der Waals surface area contributed by atoms with Crippen molar-refractivity contribution in [1.82, 2.24) is 10.6 Å². The van der Waals surface area contributed by atoms with Gasteiger partial charge in [-0.2, -0.15) is 0 Å². The Morgan fingerprint density at radius 2 is 1.81 bits per heavy atom. The van der Waals surface area contributed by atoms with Crippen LogP contribution in [0, 0.1) is 5.92 Å². The zero-order valence-corrected chi connectivity index (χ0v) is 14.6. The van der Waals surface area contributed by atoms with E-state index in [0.29, 0.717) is 13.2 Å². The van der Waals surface area contributed by atoms with Crippen molar-refractivity contribution in [2.75, 3.05) is 45.4 Å². The Balaban J connectivity index is 3.54. The predicted octanol–water partition coefficient (Wildman–Crippen LogP) is 1.04. The van der Waals surface area contributed by atoms with Crippen molar-refractivity contribution >= 4 is 15.8 Å². The van der Waals surface area contributed by atoms with Gasteiger partial charge in [-0.3, -0.25) is 4.99 Å². The highest BCUT2D eigenvalue weighted by molar-refractivity contribution is 7.90. The van der Waals surface area contributed by atoms with Gasteiger partial charge in [0, 0.05) is 26.4 Å². The summed E-state index contributed by atoms with van der Waals surface area (Å²) < 4.78 is 27.1. The highest BCUT2D eigenvalue weighted by Crippen LogP contribution is 2.04. The maximum absolute atomic E-state index is 10.9. The van der Waals surface area contributed by atoms with E-state index in [4.69, 9.17) is 4.74 Å².